The van der Waals surface area contributed by atoms with E-state index in [1.54, 1.807) is 6.07 Å². The highest BCUT2D eigenvalue weighted by Gasteiger charge is 2.42. The third-order valence-corrected chi connectivity index (χ3v) is 5.17. The van der Waals surface area contributed by atoms with E-state index in [2.05, 4.69) is 4.90 Å². The molecule has 0 amide bonds. The van der Waals surface area contributed by atoms with Crippen LogP contribution in [0, 0.1) is 11.7 Å². The minimum Gasteiger partial charge on any atom is -0.395 e. The number of aliphatic hydroxyl groups excluding tert-OH is 4. The van der Waals surface area contributed by atoms with Crippen LogP contribution in [0.3, 0.4) is 0 Å². The highest BCUT2D eigenvalue weighted by atomic mass is 19.1. The quantitative estimate of drug-likeness (QED) is 0.586. The van der Waals surface area contributed by atoms with Crippen LogP contribution in [0.2, 0.25) is 0 Å². The number of nitrogens with zero attached hydrogens (tertiary/aromatic N) is 2. The van der Waals surface area contributed by atoms with Crippen LogP contribution in [0.25, 0.3) is 0 Å². The molecule has 1 aromatic rings. The Morgan fingerprint density at radius 3 is 2.62 bits per heavy atom. The van der Waals surface area contributed by atoms with Crippen molar-refractivity contribution in [3.63, 3.8) is 0 Å². The molecule has 134 valence electrons. The van der Waals surface area contributed by atoms with Gasteiger partial charge in [-0.25, -0.2) is 4.39 Å². The number of β-amino-alcohol motifs (C(OH)–C–C–N with tert-alkyl or cyclic N) is 1. The molecule has 2 heterocycles. The zero-order valence-electron chi connectivity index (χ0n) is 13.5. The van der Waals surface area contributed by atoms with Gasteiger partial charge < -0.3 is 25.3 Å². The van der Waals surface area contributed by atoms with Gasteiger partial charge in [-0.2, -0.15) is 0 Å². The van der Waals surface area contributed by atoms with Crippen LogP contribution >= 0.6 is 0 Å². The van der Waals surface area contributed by atoms with E-state index in [0.29, 0.717) is 6.54 Å². The summed E-state index contributed by atoms with van der Waals surface area (Å²) in [6, 6.07) is 5.94. The maximum atomic E-state index is 13.4. The summed E-state index contributed by atoms with van der Waals surface area (Å²) in [5.41, 5.74) is 0.852. The Labute approximate surface area is 140 Å². The first kappa shape index (κ1) is 17.6. The fraction of sp³-hybridized carbons (Fsp3) is 0.647. The van der Waals surface area contributed by atoms with Gasteiger partial charge >= 0.3 is 0 Å². The number of aliphatic hydroxyl groups is 4. The fourth-order valence-electron chi connectivity index (χ4n) is 3.81. The number of hydrogen-bond donors (Lipinski definition) is 4. The molecule has 24 heavy (non-hydrogen) atoms. The number of halogens is 1. The molecular formula is C17H25FN2O4. The summed E-state index contributed by atoms with van der Waals surface area (Å²) >= 11 is 0. The van der Waals surface area contributed by atoms with Crippen LogP contribution in [0.1, 0.15) is 6.42 Å². The lowest BCUT2D eigenvalue weighted by Gasteiger charge is -2.44. The van der Waals surface area contributed by atoms with E-state index in [4.69, 9.17) is 0 Å². The van der Waals surface area contributed by atoms with E-state index in [-0.39, 0.29) is 24.9 Å². The highest BCUT2D eigenvalue weighted by molar-refractivity contribution is 5.47. The third-order valence-electron chi connectivity index (χ3n) is 5.17. The Bertz CT molecular complexity index is 561. The van der Waals surface area contributed by atoms with Crippen molar-refractivity contribution in [2.75, 3.05) is 37.7 Å². The third kappa shape index (κ3) is 3.55. The van der Waals surface area contributed by atoms with Crippen LogP contribution < -0.4 is 4.90 Å². The monoisotopic (exact) mass is 340 g/mol. The lowest BCUT2D eigenvalue weighted by atomic mass is 9.93. The standard InChI is InChI=1S/C17H25FN2O4/c18-12-2-1-3-13(6-12)19-5-4-11(7-19)8-20-9-15(22)17(24)16(23)14(20)10-21/h1-3,6,11,14-17,21-24H,4-5,7-10H2/t11-,14-,15-,16+,17+/m0/s1. The van der Waals surface area contributed by atoms with Gasteiger partial charge in [0, 0.05) is 31.9 Å². The van der Waals surface area contributed by atoms with Gasteiger partial charge in [0.05, 0.1) is 18.8 Å². The van der Waals surface area contributed by atoms with E-state index in [9.17, 15) is 24.8 Å². The number of rotatable bonds is 4. The molecule has 6 nitrogen and oxygen atoms in total. The SMILES string of the molecule is OC[C@H]1[C@@H](O)[C@H](O)[C@@H](O)CN1C[C@H]1CCN(c2cccc(F)c2)C1. The molecular weight excluding hydrogens is 315 g/mol. The molecule has 7 heteroatoms. The van der Waals surface area contributed by atoms with Gasteiger partial charge in [0.15, 0.2) is 0 Å². The van der Waals surface area contributed by atoms with E-state index in [1.165, 1.54) is 12.1 Å². The van der Waals surface area contributed by atoms with Crippen molar-refractivity contribution in [2.24, 2.45) is 5.92 Å². The molecule has 0 aromatic heterocycles. The molecule has 0 aliphatic carbocycles. The summed E-state index contributed by atoms with van der Waals surface area (Å²) in [5, 5.41) is 39.2. The van der Waals surface area contributed by atoms with Gasteiger partial charge in [-0.15, -0.1) is 0 Å². The van der Waals surface area contributed by atoms with Crippen LogP contribution in [-0.4, -0.2) is 82.5 Å². The van der Waals surface area contributed by atoms with Crippen molar-refractivity contribution >= 4 is 5.69 Å². The number of hydrogen-bond acceptors (Lipinski definition) is 6. The van der Waals surface area contributed by atoms with Crippen molar-refractivity contribution < 1.29 is 24.8 Å². The molecule has 0 saturated carbocycles. The van der Waals surface area contributed by atoms with E-state index < -0.39 is 24.4 Å². The molecule has 4 N–H and O–H groups in total. The molecule has 3 rings (SSSR count). The fourth-order valence-corrected chi connectivity index (χ4v) is 3.81. The van der Waals surface area contributed by atoms with Crippen molar-refractivity contribution in [1.82, 2.24) is 4.90 Å². The predicted molar refractivity (Wildman–Crippen MR) is 87.2 cm³/mol. The van der Waals surface area contributed by atoms with Crippen LogP contribution in [-0.2, 0) is 0 Å². The van der Waals surface area contributed by atoms with Gasteiger partial charge in [-0.3, -0.25) is 4.90 Å². The zero-order chi connectivity index (χ0) is 17.3. The first-order valence-electron chi connectivity index (χ1n) is 8.39. The Hall–Kier alpha value is -1.25. The summed E-state index contributed by atoms with van der Waals surface area (Å²) in [6.07, 6.45) is -2.51. The lowest BCUT2D eigenvalue weighted by Crippen LogP contribution is -2.63. The molecule has 0 spiro atoms. The lowest BCUT2D eigenvalue weighted by molar-refractivity contribution is -0.146. The van der Waals surface area contributed by atoms with Gasteiger partial charge in [0.25, 0.3) is 0 Å². The van der Waals surface area contributed by atoms with Crippen LogP contribution in [0.5, 0.6) is 0 Å². The minimum absolute atomic E-state index is 0.222. The Morgan fingerprint density at radius 2 is 1.92 bits per heavy atom. The number of piperidine rings is 1. The zero-order valence-corrected chi connectivity index (χ0v) is 13.5. The molecule has 2 aliphatic heterocycles. The second-order valence-electron chi connectivity index (χ2n) is 6.83. The first-order valence-corrected chi connectivity index (χ1v) is 8.39. The van der Waals surface area contributed by atoms with Crippen molar-refractivity contribution in [1.29, 1.82) is 0 Å². The highest BCUT2D eigenvalue weighted by Crippen LogP contribution is 2.27. The predicted octanol–water partition coefficient (Wildman–Crippen LogP) is -0.589. The largest absolute Gasteiger partial charge is 0.395 e. The van der Waals surface area contributed by atoms with Crippen molar-refractivity contribution in [2.45, 2.75) is 30.8 Å². The molecule has 2 aliphatic rings. The molecule has 0 bridgehead atoms. The number of benzene rings is 1. The maximum absolute atomic E-state index is 13.4. The molecule has 0 unspecified atom stereocenters. The van der Waals surface area contributed by atoms with Gasteiger partial charge in [0.1, 0.15) is 18.0 Å². The van der Waals surface area contributed by atoms with Gasteiger partial charge in [-0.1, -0.05) is 6.07 Å². The summed E-state index contributed by atoms with van der Waals surface area (Å²) in [7, 11) is 0. The first-order chi connectivity index (χ1) is 11.5. The summed E-state index contributed by atoms with van der Waals surface area (Å²) in [5.74, 6) is 0.0320. The van der Waals surface area contributed by atoms with E-state index >= 15 is 0 Å². The number of likely N-dealkylation sites (tertiary alicyclic amines) is 1. The van der Waals surface area contributed by atoms with E-state index in [0.717, 1.165) is 25.2 Å². The smallest absolute Gasteiger partial charge is 0.125 e. The molecule has 2 saturated heterocycles. The normalized spacial score (nSPS) is 34.7. The average molecular weight is 340 g/mol. The summed E-state index contributed by atoms with van der Waals surface area (Å²) in [6.45, 7) is 2.13. The second-order valence-corrected chi connectivity index (χ2v) is 6.83. The molecule has 1 aromatic carbocycles. The van der Waals surface area contributed by atoms with Gasteiger partial charge in [-0.05, 0) is 30.5 Å². The molecule has 2 fully saturated rings. The molecule has 0 radical (unpaired) electrons. The van der Waals surface area contributed by atoms with Gasteiger partial charge in [0.2, 0.25) is 0 Å². The molecule has 5 atom stereocenters. The Morgan fingerprint density at radius 1 is 1.12 bits per heavy atom. The Balaban J connectivity index is 1.62. The van der Waals surface area contributed by atoms with Crippen LogP contribution in [0.4, 0.5) is 10.1 Å². The van der Waals surface area contributed by atoms with Crippen LogP contribution in [0.15, 0.2) is 24.3 Å². The second kappa shape index (κ2) is 7.33. The summed E-state index contributed by atoms with van der Waals surface area (Å²) in [4.78, 5) is 3.97. The average Bonchev–Trinajstić information content (AvgIpc) is 3.02. The van der Waals surface area contributed by atoms with Crippen molar-refractivity contribution in [3.8, 4) is 0 Å². The minimum atomic E-state index is -1.23. The topological polar surface area (TPSA) is 87.4 Å². The summed E-state index contributed by atoms with van der Waals surface area (Å²) < 4.78 is 13.4. The number of anilines is 1. The van der Waals surface area contributed by atoms with Crippen molar-refractivity contribution in [3.05, 3.63) is 30.1 Å². The maximum Gasteiger partial charge on any atom is 0.125 e. The Kier molecular flexibility index (Phi) is 5.36. The van der Waals surface area contributed by atoms with E-state index in [1.807, 2.05) is 11.0 Å².